The van der Waals surface area contributed by atoms with Crippen molar-refractivity contribution in [2.24, 2.45) is 0 Å². The molecule has 1 atom stereocenters. The molecule has 1 aromatic rings. The number of nitrogens with zero attached hydrogens (tertiary/aromatic N) is 1. The first-order valence-corrected chi connectivity index (χ1v) is 4.44. The van der Waals surface area contributed by atoms with Gasteiger partial charge in [0.05, 0.1) is 12.2 Å². The van der Waals surface area contributed by atoms with E-state index in [2.05, 4.69) is 16.2 Å². The molecule has 15 heavy (non-hydrogen) atoms. The largest absolute Gasteiger partial charge is 0.480 e. The van der Waals surface area contributed by atoms with E-state index in [1.54, 1.807) is 24.4 Å². The van der Waals surface area contributed by atoms with Crippen molar-refractivity contribution in [1.29, 1.82) is 0 Å². The molecule has 0 bridgehead atoms. The maximum atomic E-state index is 11.2. The van der Waals surface area contributed by atoms with Crippen molar-refractivity contribution in [2.75, 3.05) is 6.54 Å². The van der Waals surface area contributed by atoms with E-state index in [-0.39, 0.29) is 6.54 Å². The van der Waals surface area contributed by atoms with E-state index < -0.39 is 11.5 Å². The average Bonchev–Trinajstić information content (AvgIpc) is 2.27. The zero-order valence-corrected chi connectivity index (χ0v) is 8.40. The van der Waals surface area contributed by atoms with Gasteiger partial charge >= 0.3 is 5.97 Å². The molecule has 0 aliphatic rings. The van der Waals surface area contributed by atoms with Crippen molar-refractivity contribution >= 4 is 5.97 Å². The maximum Gasteiger partial charge on any atom is 0.329 e. The lowest BCUT2D eigenvalue weighted by molar-refractivity contribution is -0.144. The maximum absolute atomic E-state index is 11.2. The molecule has 1 rings (SSSR count). The predicted octanol–water partition coefficient (Wildman–Crippen LogP) is 0.604. The number of rotatable bonds is 4. The summed E-state index contributed by atoms with van der Waals surface area (Å²) < 4.78 is 0. The fourth-order valence-corrected chi connectivity index (χ4v) is 1.16. The second-order valence-electron chi connectivity index (χ2n) is 3.20. The zero-order chi connectivity index (χ0) is 11.3. The molecular weight excluding hydrogens is 192 g/mol. The molecule has 0 amide bonds. The Balaban J connectivity index is 3.03. The monoisotopic (exact) mass is 204 g/mol. The van der Waals surface area contributed by atoms with Crippen molar-refractivity contribution < 1.29 is 9.90 Å². The second-order valence-corrected chi connectivity index (χ2v) is 3.20. The highest BCUT2D eigenvalue weighted by molar-refractivity contribution is 5.79. The van der Waals surface area contributed by atoms with Crippen molar-refractivity contribution in [3.05, 3.63) is 30.1 Å². The first kappa shape index (κ1) is 11.2. The summed E-state index contributed by atoms with van der Waals surface area (Å²) in [7, 11) is 0. The van der Waals surface area contributed by atoms with Crippen molar-refractivity contribution in [3.8, 4) is 12.3 Å². The van der Waals surface area contributed by atoms with E-state index in [0.29, 0.717) is 5.69 Å². The molecule has 0 saturated carbocycles. The molecule has 0 aliphatic carbocycles. The highest BCUT2D eigenvalue weighted by atomic mass is 16.4. The summed E-state index contributed by atoms with van der Waals surface area (Å²) in [4.78, 5) is 15.2. The first-order valence-electron chi connectivity index (χ1n) is 4.44. The Morgan fingerprint density at radius 2 is 2.47 bits per heavy atom. The van der Waals surface area contributed by atoms with Crippen LogP contribution in [0.4, 0.5) is 0 Å². The highest BCUT2D eigenvalue weighted by Gasteiger charge is 2.35. The molecule has 0 radical (unpaired) electrons. The van der Waals surface area contributed by atoms with Crippen LogP contribution in [-0.4, -0.2) is 22.6 Å². The zero-order valence-electron chi connectivity index (χ0n) is 8.40. The van der Waals surface area contributed by atoms with Gasteiger partial charge in [-0.25, -0.2) is 4.79 Å². The van der Waals surface area contributed by atoms with Gasteiger partial charge in [0.25, 0.3) is 0 Å². The molecular formula is C11H12N2O2. The number of terminal acetylenes is 1. The third kappa shape index (κ3) is 2.33. The smallest absolute Gasteiger partial charge is 0.329 e. The van der Waals surface area contributed by atoms with Crippen LogP contribution in [0.5, 0.6) is 0 Å². The second kappa shape index (κ2) is 4.58. The van der Waals surface area contributed by atoms with Gasteiger partial charge < -0.3 is 5.11 Å². The fraction of sp³-hybridized carbons (Fsp3) is 0.273. The van der Waals surface area contributed by atoms with Crippen LogP contribution < -0.4 is 5.32 Å². The summed E-state index contributed by atoms with van der Waals surface area (Å²) in [6.07, 6.45) is 6.64. The normalized spacial score (nSPS) is 13.9. The SMILES string of the molecule is C#CCNC(C)(C(=O)O)c1ccccn1. The Hall–Kier alpha value is -1.86. The lowest BCUT2D eigenvalue weighted by atomic mass is 9.97. The molecule has 1 aromatic heterocycles. The standard InChI is InChI=1S/C11H12N2O2/c1-3-7-13-11(2,10(14)15)9-6-4-5-8-12-9/h1,4-6,8,13H,7H2,2H3,(H,14,15). The van der Waals surface area contributed by atoms with E-state index in [0.717, 1.165) is 0 Å². The van der Waals surface area contributed by atoms with Crippen molar-refractivity contribution in [1.82, 2.24) is 10.3 Å². The predicted molar refractivity (Wildman–Crippen MR) is 56.1 cm³/mol. The Morgan fingerprint density at radius 3 is 2.93 bits per heavy atom. The molecule has 4 nitrogen and oxygen atoms in total. The van der Waals surface area contributed by atoms with E-state index >= 15 is 0 Å². The number of hydrogen-bond donors (Lipinski definition) is 2. The van der Waals surface area contributed by atoms with Crippen LogP contribution in [0.1, 0.15) is 12.6 Å². The van der Waals surface area contributed by atoms with E-state index in [4.69, 9.17) is 11.5 Å². The molecule has 78 valence electrons. The van der Waals surface area contributed by atoms with E-state index in [1.165, 1.54) is 6.92 Å². The van der Waals surface area contributed by atoms with Crippen molar-refractivity contribution in [3.63, 3.8) is 0 Å². The van der Waals surface area contributed by atoms with E-state index in [9.17, 15) is 4.79 Å². The van der Waals surface area contributed by atoms with Crippen LogP contribution in [0.3, 0.4) is 0 Å². The van der Waals surface area contributed by atoms with Crippen molar-refractivity contribution in [2.45, 2.75) is 12.5 Å². The number of hydrogen-bond acceptors (Lipinski definition) is 3. The van der Waals surface area contributed by atoms with Crippen LogP contribution in [0.15, 0.2) is 24.4 Å². The van der Waals surface area contributed by atoms with Crippen LogP contribution in [0.2, 0.25) is 0 Å². The molecule has 0 saturated heterocycles. The number of carboxylic acids is 1. The summed E-state index contributed by atoms with van der Waals surface area (Å²) in [5.41, 5.74) is -0.805. The summed E-state index contributed by atoms with van der Waals surface area (Å²) in [6, 6.07) is 5.12. The number of carbonyl (C=O) groups is 1. The minimum Gasteiger partial charge on any atom is -0.480 e. The highest BCUT2D eigenvalue weighted by Crippen LogP contribution is 2.17. The van der Waals surface area contributed by atoms with Crippen LogP contribution in [0.25, 0.3) is 0 Å². The van der Waals surface area contributed by atoms with Gasteiger partial charge in [-0.2, -0.15) is 0 Å². The van der Waals surface area contributed by atoms with Gasteiger partial charge in [0.2, 0.25) is 0 Å². The van der Waals surface area contributed by atoms with Gasteiger partial charge in [0.15, 0.2) is 5.54 Å². The average molecular weight is 204 g/mol. The van der Waals surface area contributed by atoms with Gasteiger partial charge in [-0.1, -0.05) is 12.0 Å². The van der Waals surface area contributed by atoms with Gasteiger partial charge in [0.1, 0.15) is 0 Å². The Kier molecular flexibility index (Phi) is 3.42. The van der Waals surface area contributed by atoms with Gasteiger partial charge in [-0.05, 0) is 19.1 Å². The van der Waals surface area contributed by atoms with Crippen LogP contribution in [0, 0.1) is 12.3 Å². The van der Waals surface area contributed by atoms with Gasteiger partial charge in [-0.3, -0.25) is 10.3 Å². The van der Waals surface area contributed by atoms with Gasteiger partial charge in [0, 0.05) is 6.20 Å². The molecule has 4 heteroatoms. The molecule has 0 fully saturated rings. The summed E-state index contributed by atoms with van der Waals surface area (Å²) >= 11 is 0. The molecule has 1 heterocycles. The molecule has 0 aliphatic heterocycles. The molecule has 1 unspecified atom stereocenters. The van der Waals surface area contributed by atoms with Crippen LogP contribution >= 0.6 is 0 Å². The summed E-state index contributed by atoms with van der Waals surface area (Å²) in [6.45, 7) is 1.72. The van der Waals surface area contributed by atoms with Gasteiger partial charge in [-0.15, -0.1) is 6.42 Å². The Morgan fingerprint density at radius 1 is 1.73 bits per heavy atom. The number of nitrogens with one attached hydrogen (secondary N) is 1. The molecule has 2 N–H and O–H groups in total. The Bertz CT molecular complexity index is 383. The number of carboxylic acid groups (broad SMARTS) is 1. The minimum absolute atomic E-state index is 0.180. The molecule has 0 spiro atoms. The van der Waals surface area contributed by atoms with Crippen LogP contribution in [-0.2, 0) is 10.3 Å². The minimum atomic E-state index is -1.24. The third-order valence-electron chi connectivity index (χ3n) is 2.15. The third-order valence-corrected chi connectivity index (χ3v) is 2.15. The Labute approximate surface area is 88.3 Å². The topological polar surface area (TPSA) is 62.2 Å². The number of pyridine rings is 1. The first-order chi connectivity index (χ1) is 7.11. The fourth-order valence-electron chi connectivity index (χ4n) is 1.16. The quantitative estimate of drug-likeness (QED) is 0.705. The van der Waals surface area contributed by atoms with E-state index in [1.807, 2.05) is 0 Å². The summed E-state index contributed by atoms with van der Waals surface area (Å²) in [5, 5.41) is 11.9. The number of aliphatic carboxylic acids is 1. The summed E-state index contributed by atoms with van der Waals surface area (Å²) in [5.74, 6) is 1.34. The lowest BCUT2D eigenvalue weighted by Crippen LogP contribution is -2.47. The number of aromatic nitrogens is 1. The lowest BCUT2D eigenvalue weighted by Gasteiger charge is -2.24. The molecule has 0 aromatic carbocycles.